The van der Waals surface area contributed by atoms with Crippen molar-refractivity contribution in [3.05, 3.63) is 66.2 Å². The first-order chi connectivity index (χ1) is 11.6. The molecule has 0 unspecified atom stereocenters. The zero-order valence-electron chi connectivity index (χ0n) is 13.7. The Kier molecular flexibility index (Phi) is 4.79. The molecule has 1 saturated heterocycles. The van der Waals surface area contributed by atoms with E-state index < -0.39 is 6.04 Å². The molecule has 1 aliphatic heterocycles. The number of para-hydroxylation sites is 1. The van der Waals surface area contributed by atoms with E-state index >= 15 is 0 Å². The lowest BCUT2D eigenvalue weighted by atomic mass is 10.2. The van der Waals surface area contributed by atoms with E-state index in [4.69, 9.17) is 0 Å². The van der Waals surface area contributed by atoms with Gasteiger partial charge in [-0.15, -0.1) is 0 Å². The number of nitrogens with one attached hydrogen (secondary N) is 1. The molecule has 1 fully saturated rings. The van der Waals surface area contributed by atoms with Gasteiger partial charge in [-0.1, -0.05) is 48.5 Å². The lowest BCUT2D eigenvalue weighted by Crippen LogP contribution is -2.46. The van der Waals surface area contributed by atoms with Gasteiger partial charge in [0.05, 0.1) is 0 Å². The summed E-state index contributed by atoms with van der Waals surface area (Å²) in [5.41, 5.74) is 1.93. The number of hydrogen-bond donors (Lipinski definition) is 1. The molecule has 0 spiro atoms. The van der Waals surface area contributed by atoms with E-state index in [1.165, 1.54) is 0 Å². The van der Waals surface area contributed by atoms with Gasteiger partial charge in [0.1, 0.15) is 6.04 Å². The lowest BCUT2D eigenvalue weighted by Gasteiger charge is -2.21. The minimum atomic E-state index is -0.462. The van der Waals surface area contributed by atoms with Crippen molar-refractivity contribution >= 4 is 17.6 Å². The summed E-state index contributed by atoms with van der Waals surface area (Å²) in [6, 6.07) is 18.6. The van der Waals surface area contributed by atoms with Crippen molar-refractivity contribution in [2.45, 2.75) is 19.0 Å². The van der Waals surface area contributed by atoms with Crippen LogP contribution in [0.2, 0.25) is 0 Å². The molecule has 3 amide bonds. The number of carbonyl (C=O) groups is 2. The number of carbonyl (C=O) groups excluding carboxylic acids is 2. The first kappa shape index (κ1) is 16.1. The number of amides is 3. The molecule has 0 aromatic heterocycles. The molecular formula is C19H21N3O2. The smallest absolute Gasteiger partial charge is 0.318 e. The summed E-state index contributed by atoms with van der Waals surface area (Å²) in [6.45, 7) is 1.13. The van der Waals surface area contributed by atoms with Crippen LogP contribution in [0.1, 0.15) is 12.0 Å². The number of anilines is 1. The maximum Gasteiger partial charge on any atom is 0.318 e. The molecule has 5 heteroatoms. The number of urea groups is 1. The highest BCUT2D eigenvalue weighted by Crippen LogP contribution is 2.21. The third kappa shape index (κ3) is 3.56. The Labute approximate surface area is 141 Å². The summed E-state index contributed by atoms with van der Waals surface area (Å²) in [4.78, 5) is 28.2. The van der Waals surface area contributed by atoms with Crippen molar-refractivity contribution in [1.29, 1.82) is 0 Å². The van der Waals surface area contributed by atoms with Gasteiger partial charge in [0, 0.05) is 25.8 Å². The maximum atomic E-state index is 12.5. The maximum absolute atomic E-state index is 12.5. The molecule has 0 aliphatic carbocycles. The minimum absolute atomic E-state index is 0.0531. The zero-order chi connectivity index (χ0) is 16.9. The molecule has 2 aromatic rings. The van der Waals surface area contributed by atoms with Crippen LogP contribution in [0.5, 0.6) is 0 Å². The third-order valence-corrected chi connectivity index (χ3v) is 4.18. The normalized spacial score (nSPS) is 17.0. The van der Waals surface area contributed by atoms with E-state index in [2.05, 4.69) is 5.32 Å². The fourth-order valence-electron chi connectivity index (χ4n) is 2.87. The molecule has 2 aromatic carbocycles. The van der Waals surface area contributed by atoms with E-state index in [9.17, 15) is 9.59 Å². The van der Waals surface area contributed by atoms with E-state index in [0.29, 0.717) is 19.5 Å². The summed E-state index contributed by atoms with van der Waals surface area (Å²) in [6.07, 6.45) is 0.624. The lowest BCUT2D eigenvalue weighted by molar-refractivity contribution is -0.118. The quantitative estimate of drug-likeness (QED) is 0.940. The monoisotopic (exact) mass is 323 g/mol. The molecule has 1 aliphatic rings. The van der Waals surface area contributed by atoms with Crippen LogP contribution in [0.3, 0.4) is 0 Å². The first-order valence-corrected chi connectivity index (χ1v) is 8.07. The van der Waals surface area contributed by atoms with Crippen molar-refractivity contribution in [3.8, 4) is 0 Å². The second kappa shape index (κ2) is 7.17. The van der Waals surface area contributed by atoms with Gasteiger partial charge < -0.3 is 15.1 Å². The van der Waals surface area contributed by atoms with Crippen molar-refractivity contribution in [3.63, 3.8) is 0 Å². The van der Waals surface area contributed by atoms with Crippen LogP contribution < -0.4 is 10.2 Å². The van der Waals surface area contributed by atoms with Gasteiger partial charge in [-0.05, 0) is 24.1 Å². The van der Waals surface area contributed by atoms with Crippen LogP contribution in [-0.4, -0.2) is 36.5 Å². The van der Waals surface area contributed by atoms with Gasteiger partial charge in [0.15, 0.2) is 0 Å². The van der Waals surface area contributed by atoms with Gasteiger partial charge in [0.25, 0.3) is 0 Å². The number of rotatable bonds is 4. The van der Waals surface area contributed by atoms with Crippen molar-refractivity contribution in [2.24, 2.45) is 0 Å². The van der Waals surface area contributed by atoms with Gasteiger partial charge >= 0.3 is 6.03 Å². The molecule has 1 heterocycles. The topological polar surface area (TPSA) is 52.7 Å². The second-order valence-corrected chi connectivity index (χ2v) is 5.96. The molecule has 0 saturated carbocycles. The largest absolute Gasteiger partial charge is 0.326 e. The summed E-state index contributed by atoms with van der Waals surface area (Å²) in [7, 11) is 1.73. The van der Waals surface area contributed by atoms with Crippen molar-refractivity contribution in [1.82, 2.24) is 10.2 Å². The van der Waals surface area contributed by atoms with Gasteiger partial charge in [-0.25, -0.2) is 4.79 Å². The first-order valence-electron chi connectivity index (χ1n) is 8.07. The predicted molar refractivity (Wildman–Crippen MR) is 93.6 cm³/mol. The SMILES string of the molecule is CN(Cc1ccccc1)C(=O)N[C@@H]1CCN(c2ccccc2)C1=O. The van der Waals surface area contributed by atoms with Gasteiger partial charge in [-0.2, -0.15) is 0 Å². The summed E-state index contributed by atoms with van der Waals surface area (Å²) in [5.74, 6) is -0.0531. The molecule has 3 rings (SSSR count). The highest BCUT2D eigenvalue weighted by molar-refractivity contribution is 6.01. The predicted octanol–water partition coefficient (Wildman–Crippen LogP) is 2.63. The summed E-state index contributed by atoms with van der Waals surface area (Å²) in [5, 5.41) is 2.84. The average Bonchev–Trinajstić information content (AvgIpc) is 2.97. The van der Waals surface area contributed by atoms with Crippen LogP contribution in [0, 0.1) is 0 Å². The standard InChI is InChI=1S/C19H21N3O2/c1-21(14-15-8-4-2-5-9-15)19(24)20-17-12-13-22(18(17)23)16-10-6-3-7-11-16/h2-11,17H,12-14H2,1H3,(H,20,24)/t17-/m1/s1. The Balaban J connectivity index is 1.58. The van der Waals surface area contributed by atoms with Crippen LogP contribution in [0.4, 0.5) is 10.5 Å². The van der Waals surface area contributed by atoms with Crippen LogP contribution >= 0.6 is 0 Å². The van der Waals surface area contributed by atoms with Crippen molar-refractivity contribution < 1.29 is 9.59 Å². The Morgan fingerprint density at radius 2 is 1.75 bits per heavy atom. The van der Waals surface area contributed by atoms with Gasteiger partial charge in [-0.3, -0.25) is 4.79 Å². The minimum Gasteiger partial charge on any atom is -0.326 e. The molecule has 24 heavy (non-hydrogen) atoms. The molecule has 0 radical (unpaired) electrons. The highest BCUT2D eigenvalue weighted by Gasteiger charge is 2.34. The Morgan fingerprint density at radius 1 is 1.12 bits per heavy atom. The number of nitrogens with zero attached hydrogens (tertiary/aromatic N) is 2. The molecule has 1 atom stereocenters. The summed E-state index contributed by atoms with van der Waals surface area (Å²) < 4.78 is 0. The molecule has 5 nitrogen and oxygen atoms in total. The van der Waals surface area contributed by atoms with E-state index in [0.717, 1.165) is 11.3 Å². The fraction of sp³-hybridized carbons (Fsp3) is 0.263. The van der Waals surface area contributed by atoms with Crippen LogP contribution in [-0.2, 0) is 11.3 Å². The van der Waals surface area contributed by atoms with Crippen molar-refractivity contribution in [2.75, 3.05) is 18.5 Å². The van der Waals surface area contributed by atoms with E-state index in [1.54, 1.807) is 16.8 Å². The second-order valence-electron chi connectivity index (χ2n) is 5.96. The van der Waals surface area contributed by atoms with Gasteiger partial charge in [0.2, 0.25) is 5.91 Å². The fourth-order valence-corrected chi connectivity index (χ4v) is 2.87. The molecular weight excluding hydrogens is 302 g/mol. The Morgan fingerprint density at radius 3 is 2.42 bits per heavy atom. The molecule has 1 N–H and O–H groups in total. The number of hydrogen-bond acceptors (Lipinski definition) is 2. The zero-order valence-corrected chi connectivity index (χ0v) is 13.7. The molecule has 124 valence electrons. The number of benzene rings is 2. The van der Waals surface area contributed by atoms with E-state index in [1.807, 2.05) is 60.7 Å². The molecule has 0 bridgehead atoms. The summed E-state index contributed by atoms with van der Waals surface area (Å²) >= 11 is 0. The third-order valence-electron chi connectivity index (χ3n) is 4.18. The Bertz CT molecular complexity index is 703. The van der Waals surface area contributed by atoms with Crippen LogP contribution in [0.25, 0.3) is 0 Å². The average molecular weight is 323 g/mol. The van der Waals surface area contributed by atoms with E-state index in [-0.39, 0.29) is 11.9 Å². The van der Waals surface area contributed by atoms with Crippen LogP contribution in [0.15, 0.2) is 60.7 Å². The Hall–Kier alpha value is -2.82. The highest BCUT2D eigenvalue weighted by atomic mass is 16.2.